The van der Waals surface area contributed by atoms with Crippen LogP contribution in [0.2, 0.25) is 0 Å². The fourth-order valence-corrected chi connectivity index (χ4v) is 7.74. The van der Waals surface area contributed by atoms with E-state index >= 15 is 0 Å². The smallest absolute Gasteiger partial charge is 0.362 e. The first-order valence-electron chi connectivity index (χ1n) is 20.3. The maximum atomic E-state index is 14.7. The maximum absolute atomic E-state index is 14.7. The normalized spacial score (nSPS) is 12.6. The molecule has 1 heterocycles. The minimum absolute atomic E-state index is 0.0270. The van der Waals surface area contributed by atoms with Crippen molar-refractivity contribution in [2.24, 2.45) is 11.3 Å². The van der Waals surface area contributed by atoms with Gasteiger partial charge in [0.2, 0.25) is 19.1 Å². The van der Waals surface area contributed by atoms with E-state index in [1.165, 1.54) is 6.07 Å². The molecule has 0 saturated heterocycles. The molecule has 15 heteroatoms. The van der Waals surface area contributed by atoms with Gasteiger partial charge in [-0.1, -0.05) is 93.8 Å². The zero-order valence-electron chi connectivity index (χ0n) is 35.3. The minimum atomic E-state index is -3.98. The number of benzene rings is 3. The molecule has 1 aromatic heterocycles. The van der Waals surface area contributed by atoms with E-state index in [1.807, 2.05) is 81.4 Å². The molecular formula is C45H58N3O11P. The predicted octanol–water partition coefficient (Wildman–Crippen LogP) is 8.31. The highest BCUT2D eigenvalue weighted by atomic mass is 31.2. The van der Waals surface area contributed by atoms with Gasteiger partial charge in [0.25, 0.3) is 5.91 Å². The Bertz CT molecular complexity index is 1970. The summed E-state index contributed by atoms with van der Waals surface area (Å²) in [5.41, 5.74) is 1.32. The highest BCUT2D eigenvalue weighted by molar-refractivity contribution is 7.62. The van der Waals surface area contributed by atoms with Crippen LogP contribution in [0.3, 0.4) is 0 Å². The molecule has 2 atom stereocenters. The van der Waals surface area contributed by atoms with Crippen LogP contribution >= 0.6 is 7.60 Å². The quantitative estimate of drug-likeness (QED) is 0.0164. The van der Waals surface area contributed by atoms with Gasteiger partial charge in [-0.05, 0) is 82.0 Å². The molecule has 0 unspecified atom stereocenters. The van der Waals surface area contributed by atoms with E-state index in [2.05, 4.69) is 10.6 Å². The number of carbonyl (C=O) groups is 4. The van der Waals surface area contributed by atoms with Crippen molar-refractivity contribution in [3.8, 4) is 17.1 Å². The molecule has 0 aliphatic carbocycles. The van der Waals surface area contributed by atoms with Crippen molar-refractivity contribution in [2.45, 2.75) is 92.9 Å². The maximum Gasteiger partial charge on any atom is 0.362 e. The molecule has 4 rings (SSSR count). The number of hydroxylamine groups is 2. The van der Waals surface area contributed by atoms with Crippen LogP contribution in [0.15, 0.2) is 95.4 Å². The van der Waals surface area contributed by atoms with Gasteiger partial charge in [0.15, 0.2) is 5.76 Å². The average molecular weight is 848 g/mol. The Morgan fingerprint density at radius 2 is 1.50 bits per heavy atom. The number of ether oxygens (including phenoxy) is 2. The second-order valence-electron chi connectivity index (χ2n) is 15.0. The van der Waals surface area contributed by atoms with Crippen LogP contribution < -0.4 is 20.7 Å². The summed E-state index contributed by atoms with van der Waals surface area (Å²) < 4.78 is 43.8. The molecule has 14 nitrogen and oxygen atoms in total. The Balaban J connectivity index is 1.48. The number of amides is 3. The van der Waals surface area contributed by atoms with E-state index < -0.39 is 49.5 Å². The average Bonchev–Trinajstić information content (AvgIpc) is 3.75. The molecule has 3 amide bonds. The van der Waals surface area contributed by atoms with Gasteiger partial charge in [-0.15, -0.1) is 0 Å². The Morgan fingerprint density at radius 3 is 2.07 bits per heavy atom. The van der Waals surface area contributed by atoms with Gasteiger partial charge in [-0.2, -0.15) is 0 Å². The number of unbranched alkanes of at least 4 members (excludes halogenated alkanes) is 2. The van der Waals surface area contributed by atoms with Crippen LogP contribution in [0, 0.1) is 11.3 Å². The molecule has 0 saturated carbocycles. The first-order valence-corrected chi connectivity index (χ1v) is 21.8. The molecule has 3 aromatic carbocycles. The van der Waals surface area contributed by atoms with E-state index in [-0.39, 0.29) is 36.7 Å². The summed E-state index contributed by atoms with van der Waals surface area (Å²) in [7, 11) is -3.98. The summed E-state index contributed by atoms with van der Waals surface area (Å²) >= 11 is 0. The number of nitrogens with one attached hydrogen (secondary N) is 2. The molecule has 0 spiro atoms. The Labute approximate surface area is 352 Å². The standard InChI is InChI=1S/C45H58N3O11P/c1-7-10-13-22-38(39(8-2)48(31-49)56-32-55-44(52)45(4,5)6)42(50)46-30-47-43(51)41-24-23-40(59-41)35-25-36(54-9-3)27-37(26-35)60(53,57-28-33-18-14-11-15-19-33)58-29-34-20-16-12-17-21-34/h11-12,14-21,23-27,31,38-39H,7-10,13,22,28-30,32H2,1-6H3,(H,46,50)(H,47,51)/t38-,39-/m1/s1. The lowest BCUT2D eigenvalue weighted by atomic mass is 9.90. The number of esters is 1. The summed E-state index contributed by atoms with van der Waals surface area (Å²) in [6.45, 7) is 10.4. The highest BCUT2D eigenvalue weighted by Crippen LogP contribution is 2.50. The number of hydrogen-bond donors (Lipinski definition) is 2. The molecular weight excluding hydrogens is 789 g/mol. The third-order valence-corrected chi connectivity index (χ3v) is 11.2. The fraction of sp³-hybridized carbons (Fsp3) is 0.422. The van der Waals surface area contributed by atoms with Crippen LogP contribution in [-0.4, -0.2) is 55.4 Å². The number of rotatable bonds is 25. The fourth-order valence-electron chi connectivity index (χ4n) is 6.15. The summed E-state index contributed by atoms with van der Waals surface area (Å²) in [5.74, 6) is -1.54. The Hall–Kier alpha value is -5.27. The first-order chi connectivity index (χ1) is 28.8. The predicted molar refractivity (Wildman–Crippen MR) is 227 cm³/mol. The summed E-state index contributed by atoms with van der Waals surface area (Å²) in [5, 5.41) is 6.68. The zero-order valence-corrected chi connectivity index (χ0v) is 36.2. The molecule has 4 aromatic rings. The molecule has 0 radical (unpaired) electrons. The number of furan rings is 1. The Morgan fingerprint density at radius 1 is 0.850 bits per heavy atom. The lowest BCUT2D eigenvalue weighted by Gasteiger charge is -2.32. The number of hydrogen-bond acceptors (Lipinski definition) is 11. The van der Waals surface area contributed by atoms with Crippen LogP contribution in [0.1, 0.15) is 95.3 Å². The number of nitrogens with zero attached hydrogens (tertiary/aromatic N) is 1. The van der Waals surface area contributed by atoms with E-state index in [9.17, 15) is 23.7 Å². The molecule has 0 aliphatic heterocycles. The van der Waals surface area contributed by atoms with Crippen LogP contribution in [0.25, 0.3) is 11.3 Å². The third-order valence-electron chi connectivity index (χ3n) is 9.41. The van der Waals surface area contributed by atoms with Crippen molar-refractivity contribution in [3.05, 3.63) is 108 Å². The van der Waals surface area contributed by atoms with Gasteiger partial charge in [-0.3, -0.25) is 23.7 Å². The van der Waals surface area contributed by atoms with Gasteiger partial charge in [0, 0.05) is 5.56 Å². The third kappa shape index (κ3) is 14.2. The van der Waals surface area contributed by atoms with Gasteiger partial charge in [-0.25, -0.2) is 9.90 Å². The van der Waals surface area contributed by atoms with Crippen LogP contribution in [0.5, 0.6) is 5.75 Å². The van der Waals surface area contributed by atoms with Crippen molar-refractivity contribution < 1.29 is 51.5 Å². The summed E-state index contributed by atoms with van der Waals surface area (Å²) in [6.07, 6.45) is 3.81. The molecule has 2 N–H and O–H groups in total. The molecule has 0 fully saturated rings. The van der Waals surface area contributed by atoms with Crippen molar-refractivity contribution in [1.82, 2.24) is 15.7 Å². The molecule has 324 valence electrons. The second-order valence-corrected chi connectivity index (χ2v) is 17.1. The van der Waals surface area contributed by atoms with Crippen LogP contribution in [0.4, 0.5) is 0 Å². The summed E-state index contributed by atoms with van der Waals surface area (Å²) in [6, 6.07) is 26.1. The van der Waals surface area contributed by atoms with Gasteiger partial charge >= 0.3 is 13.6 Å². The van der Waals surface area contributed by atoms with E-state index in [1.54, 1.807) is 45.0 Å². The largest absolute Gasteiger partial charge is 0.494 e. The molecule has 60 heavy (non-hydrogen) atoms. The molecule has 0 bridgehead atoms. The second kappa shape index (κ2) is 23.5. The summed E-state index contributed by atoms with van der Waals surface area (Å²) in [4.78, 5) is 56.7. The number of carbonyl (C=O) groups excluding carboxylic acids is 4. The van der Waals surface area contributed by atoms with E-state index in [0.717, 1.165) is 35.5 Å². The highest BCUT2D eigenvalue weighted by Gasteiger charge is 2.33. The van der Waals surface area contributed by atoms with E-state index in [0.29, 0.717) is 37.2 Å². The molecule has 0 aliphatic rings. The Kier molecular flexibility index (Phi) is 18.6. The van der Waals surface area contributed by atoms with Crippen molar-refractivity contribution >= 4 is 37.1 Å². The lowest BCUT2D eigenvalue weighted by Crippen LogP contribution is -2.48. The SMILES string of the molecule is CCCCC[C@@H](C(=O)NCNC(=O)c1ccc(-c2cc(OCC)cc(P(=O)(OCc3ccccc3)OCc3ccccc3)c2)o1)[C@@H](CC)N(C=O)OCOC(=O)C(C)(C)C. The van der Waals surface area contributed by atoms with Crippen molar-refractivity contribution in [3.63, 3.8) is 0 Å². The zero-order chi connectivity index (χ0) is 43.5. The first kappa shape index (κ1) is 47.4. The van der Waals surface area contributed by atoms with E-state index in [4.69, 9.17) is 27.8 Å². The van der Waals surface area contributed by atoms with Crippen LogP contribution in [-0.2, 0) is 50.8 Å². The minimum Gasteiger partial charge on any atom is -0.494 e. The van der Waals surface area contributed by atoms with Gasteiger partial charge in [0.05, 0.1) is 49.2 Å². The topological polar surface area (TPSA) is 172 Å². The van der Waals surface area contributed by atoms with Crippen molar-refractivity contribution in [1.29, 1.82) is 0 Å². The van der Waals surface area contributed by atoms with Gasteiger partial charge < -0.3 is 33.6 Å². The monoisotopic (exact) mass is 847 g/mol. The lowest BCUT2D eigenvalue weighted by molar-refractivity contribution is -0.236. The van der Waals surface area contributed by atoms with Crippen molar-refractivity contribution in [2.75, 3.05) is 20.1 Å². The van der Waals surface area contributed by atoms with Gasteiger partial charge in [0.1, 0.15) is 11.5 Å².